The van der Waals surface area contributed by atoms with E-state index in [0.717, 1.165) is 37.7 Å². The third-order valence-corrected chi connectivity index (χ3v) is 3.96. The predicted octanol–water partition coefficient (Wildman–Crippen LogP) is 2.45. The summed E-state index contributed by atoms with van der Waals surface area (Å²) in [5, 5.41) is 8.73. The minimum Gasteiger partial charge on any atom is -0.478 e. The minimum absolute atomic E-state index is 0.350. The molecule has 1 aromatic rings. The maximum absolute atomic E-state index is 14.0. The van der Waals surface area contributed by atoms with E-state index in [1.54, 1.807) is 6.07 Å². The van der Waals surface area contributed by atoms with E-state index in [0.29, 0.717) is 11.6 Å². The van der Waals surface area contributed by atoms with Crippen LogP contribution in [0.2, 0.25) is 0 Å². The van der Waals surface area contributed by atoms with Crippen molar-refractivity contribution in [3.8, 4) is 0 Å². The van der Waals surface area contributed by atoms with Gasteiger partial charge in [-0.05, 0) is 45.1 Å². The Balaban J connectivity index is 2.20. The molecule has 1 heterocycles. The number of anilines is 1. The van der Waals surface area contributed by atoms with Gasteiger partial charge in [0.1, 0.15) is 5.82 Å². The lowest BCUT2D eigenvalue weighted by Gasteiger charge is -2.37. The third-order valence-electron chi connectivity index (χ3n) is 3.96. The van der Waals surface area contributed by atoms with Crippen molar-refractivity contribution in [1.29, 1.82) is 0 Å². The average Bonchev–Trinajstić information content (AvgIpc) is 2.45. The second-order valence-electron chi connectivity index (χ2n) is 5.53. The van der Waals surface area contributed by atoms with E-state index in [4.69, 9.17) is 5.11 Å². The first-order valence-electron chi connectivity index (χ1n) is 7.10. The summed E-state index contributed by atoms with van der Waals surface area (Å²) < 4.78 is 14.0. The van der Waals surface area contributed by atoms with Crippen LogP contribution in [0.3, 0.4) is 0 Å². The molecule has 114 valence electrons. The second-order valence-corrected chi connectivity index (χ2v) is 5.53. The van der Waals surface area contributed by atoms with Crippen LogP contribution in [0.5, 0.6) is 0 Å². The molecule has 0 unspecified atom stereocenters. The normalized spacial score (nSPS) is 16.9. The highest BCUT2D eigenvalue weighted by Gasteiger charge is 2.22. The Labute approximate surface area is 124 Å². The summed E-state index contributed by atoms with van der Waals surface area (Å²) in [6, 6.07) is 5.42. The van der Waals surface area contributed by atoms with Crippen LogP contribution in [0.25, 0.3) is 6.08 Å². The standard InChI is InChI=1S/C16H21FN2O2/c1-18(2)12-8-10-19(11-9-12)15-5-3-4-14(17)13(15)6-7-16(20)21/h3-7,12H,8-11H2,1-2H3,(H,20,21)/b7-6+. The molecule has 1 saturated heterocycles. The van der Waals surface area contributed by atoms with Gasteiger partial charge in [0.2, 0.25) is 0 Å². The summed E-state index contributed by atoms with van der Waals surface area (Å²) in [4.78, 5) is 15.0. The van der Waals surface area contributed by atoms with Crippen LogP contribution >= 0.6 is 0 Å². The number of nitrogens with zero attached hydrogens (tertiary/aromatic N) is 2. The van der Waals surface area contributed by atoms with E-state index < -0.39 is 5.97 Å². The van der Waals surface area contributed by atoms with Gasteiger partial charge < -0.3 is 14.9 Å². The summed E-state index contributed by atoms with van der Waals surface area (Å²) in [7, 11) is 4.15. The van der Waals surface area contributed by atoms with Gasteiger partial charge in [-0.15, -0.1) is 0 Å². The topological polar surface area (TPSA) is 43.8 Å². The number of carbonyl (C=O) groups is 1. The molecule has 0 radical (unpaired) electrons. The van der Waals surface area contributed by atoms with Gasteiger partial charge in [0, 0.05) is 36.5 Å². The molecule has 1 N–H and O–H groups in total. The van der Waals surface area contributed by atoms with Crippen LogP contribution in [-0.4, -0.2) is 49.2 Å². The van der Waals surface area contributed by atoms with Gasteiger partial charge in [0.25, 0.3) is 0 Å². The van der Waals surface area contributed by atoms with E-state index in [2.05, 4.69) is 23.9 Å². The van der Waals surface area contributed by atoms with Gasteiger partial charge in [0.05, 0.1) is 0 Å². The monoisotopic (exact) mass is 292 g/mol. The van der Waals surface area contributed by atoms with Gasteiger partial charge >= 0.3 is 5.97 Å². The lowest BCUT2D eigenvalue weighted by atomic mass is 10.0. The average molecular weight is 292 g/mol. The number of benzene rings is 1. The van der Waals surface area contributed by atoms with Crippen molar-refractivity contribution in [2.75, 3.05) is 32.1 Å². The number of piperidine rings is 1. The molecule has 0 saturated carbocycles. The van der Waals surface area contributed by atoms with Crippen molar-refractivity contribution in [1.82, 2.24) is 4.90 Å². The van der Waals surface area contributed by atoms with Gasteiger partial charge in [-0.3, -0.25) is 0 Å². The molecule has 1 aliphatic rings. The Kier molecular flexibility index (Phi) is 4.96. The summed E-state index contributed by atoms with van der Waals surface area (Å²) >= 11 is 0. The molecular formula is C16H21FN2O2. The molecule has 4 nitrogen and oxygen atoms in total. The Morgan fingerprint density at radius 2 is 2.05 bits per heavy atom. The van der Waals surface area contributed by atoms with Crippen LogP contribution < -0.4 is 4.90 Å². The molecule has 0 spiro atoms. The number of hydrogen-bond donors (Lipinski definition) is 1. The van der Waals surface area contributed by atoms with Crippen molar-refractivity contribution in [2.45, 2.75) is 18.9 Å². The van der Waals surface area contributed by atoms with E-state index in [-0.39, 0.29) is 5.82 Å². The quantitative estimate of drug-likeness (QED) is 0.866. The van der Waals surface area contributed by atoms with Gasteiger partial charge in [-0.1, -0.05) is 6.07 Å². The maximum atomic E-state index is 14.0. The Morgan fingerprint density at radius 1 is 1.38 bits per heavy atom. The molecule has 0 amide bonds. The number of carboxylic acid groups (broad SMARTS) is 1. The summed E-state index contributed by atoms with van der Waals surface area (Å²) in [5.74, 6) is -1.46. The summed E-state index contributed by atoms with van der Waals surface area (Å²) in [6.45, 7) is 1.69. The largest absolute Gasteiger partial charge is 0.478 e. The molecule has 5 heteroatoms. The van der Waals surface area contributed by atoms with E-state index >= 15 is 0 Å². The summed E-state index contributed by atoms with van der Waals surface area (Å²) in [5.41, 5.74) is 1.12. The Morgan fingerprint density at radius 3 is 2.62 bits per heavy atom. The number of carboxylic acids is 1. The van der Waals surface area contributed by atoms with Crippen LogP contribution in [0.15, 0.2) is 24.3 Å². The van der Waals surface area contributed by atoms with Crippen molar-refractivity contribution < 1.29 is 14.3 Å². The zero-order valence-electron chi connectivity index (χ0n) is 12.4. The number of halogens is 1. The molecule has 0 atom stereocenters. The maximum Gasteiger partial charge on any atom is 0.328 e. The minimum atomic E-state index is -1.07. The highest BCUT2D eigenvalue weighted by Crippen LogP contribution is 2.28. The number of rotatable bonds is 4. The zero-order chi connectivity index (χ0) is 15.4. The SMILES string of the molecule is CN(C)C1CCN(c2cccc(F)c2/C=C/C(=O)O)CC1. The van der Waals surface area contributed by atoms with E-state index in [9.17, 15) is 9.18 Å². The zero-order valence-corrected chi connectivity index (χ0v) is 12.4. The van der Waals surface area contributed by atoms with E-state index in [1.165, 1.54) is 12.1 Å². The molecular weight excluding hydrogens is 271 g/mol. The fourth-order valence-electron chi connectivity index (χ4n) is 2.74. The van der Waals surface area contributed by atoms with Gasteiger partial charge in [-0.2, -0.15) is 0 Å². The van der Waals surface area contributed by atoms with Crippen LogP contribution in [0.4, 0.5) is 10.1 Å². The van der Waals surface area contributed by atoms with Crippen molar-refractivity contribution in [3.05, 3.63) is 35.7 Å². The Hall–Kier alpha value is -1.88. The van der Waals surface area contributed by atoms with Gasteiger partial charge in [0.15, 0.2) is 0 Å². The first-order valence-corrected chi connectivity index (χ1v) is 7.10. The third kappa shape index (κ3) is 3.82. The fraction of sp³-hybridized carbons (Fsp3) is 0.438. The first kappa shape index (κ1) is 15.5. The molecule has 0 aromatic heterocycles. The molecule has 1 aliphatic heterocycles. The summed E-state index contributed by atoms with van der Waals surface area (Å²) in [6.07, 6.45) is 4.36. The Bertz CT molecular complexity index is 535. The number of aliphatic carboxylic acids is 1. The molecule has 21 heavy (non-hydrogen) atoms. The second kappa shape index (κ2) is 6.72. The van der Waals surface area contributed by atoms with Crippen LogP contribution in [0.1, 0.15) is 18.4 Å². The smallest absolute Gasteiger partial charge is 0.328 e. The van der Waals surface area contributed by atoms with E-state index in [1.807, 2.05) is 6.07 Å². The van der Waals surface area contributed by atoms with Crippen LogP contribution in [0, 0.1) is 5.82 Å². The molecule has 1 aromatic carbocycles. The fourth-order valence-corrected chi connectivity index (χ4v) is 2.74. The lowest BCUT2D eigenvalue weighted by Crippen LogP contribution is -2.42. The van der Waals surface area contributed by atoms with Crippen molar-refractivity contribution >= 4 is 17.7 Å². The van der Waals surface area contributed by atoms with Crippen molar-refractivity contribution in [2.24, 2.45) is 0 Å². The lowest BCUT2D eigenvalue weighted by molar-refractivity contribution is -0.131. The molecule has 0 aliphatic carbocycles. The van der Waals surface area contributed by atoms with Crippen LogP contribution in [-0.2, 0) is 4.79 Å². The molecule has 2 rings (SSSR count). The highest BCUT2D eigenvalue weighted by molar-refractivity contribution is 5.87. The predicted molar refractivity (Wildman–Crippen MR) is 82.0 cm³/mol. The van der Waals surface area contributed by atoms with Gasteiger partial charge in [-0.25, -0.2) is 9.18 Å². The first-order chi connectivity index (χ1) is 9.99. The number of hydrogen-bond acceptors (Lipinski definition) is 3. The molecule has 1 fully saturated rings. The molecule has 0 bridgehead atoms. The van der Waals surface area contributed by atoms with Crippen molar-refractivity contribution in [3.63, 3.8) is 0 Å². The highest BCUT2D eigenvalue weighted by atomic mass is 19.1.